The maximum atomic E-state index is 12.4. The van der Waals surface area contributed by atoms with Crippen LogP contribution in [0.15, 0.2) is 30.5 Å². The Hall–Kier alpha value is -1.81. The molecular formula is C16H19N3O. The van der Waals surface area contributed by atoms with Gasteiger partial charge in [0, 0.05) is 35.5 Å². The lowest BCUT2D eigenvalue weighted by molar-refractivity contribution is 0.0930. The van der Waals surface area contributed by atoms with E-state index in [0.717, 1.165) is 23.2 Å². The van der Waals surface area contributed by atoms with Crippen molar-refractivity contribution in [1.29, 1.82) is 0 Å². The molecule has 2 aliphatic rings. The summed E-state index contributed by atoms with van der Waals surface area (Å²) in [4.78, 5) is 12.4. The fourth-order valence-corrected chi connectivity index (χ4v) is 3.61. The van der Waals surface area contributed by atoms with Gasteiger partial charge in [-0.15, -0.1) is 0 Å². The molecule has 3 atom stereocenters. The largest absolute Gasteiger partial charge is 0.348 e. The van der Waals surface area contributed by atoms with Crippen molar-refractivity contribution in [3.8, 4) is 0 Å². The molecule has 0 aliphatic carbocycles. The molecular weight excluding hydrogens is 250 g/mol. The van der Waals surface area contributed by atoms with Crippen molar-refractivity contribution in [2.75, 3.05) is 0 Å². The second kappa shape index (κ2) is 4.35. The van der Waals surface area contributed by atoms with Crippen LogP contribution >= 0.6 is 0 Å². The van der Waals surface area contributed by atoms with E-state index in [4.69, 9.17) is 0 Å². The van der Waals surface area contributed by atoms with E-state index in [1.807, 2.05) is 18.3 Å². The summed E-state index contributed by atoms with van der Waals surface area (Å²) < 4.78 is 2.06. The summed E-state index contributed by atoms with van der Waals surface area (Å²) in [6, 6.07) is 9.42. The first-order valence-electron chi connectivity index (χ1n) is 7.35. The number of hydrogen-bond donors (Lipinski definition) is 2. The second-order valence-electron chi connectivity index (χ2n) is 6.05. The number of rotatable bonds is 2. The highest BCUT2D eigenvalue weighted by Gasteiger charge is 2.39. The van der Waals surface area contributed by atoms with Crippen molar-refractivity contribution in [1.82, 2.24) is 15.0 Å². The van der Waals surface area contributed by atoms with Gasteiger partial charge >= 0.3 is 0 Å². The first-order chi connectivity index (χ1) is 9.70. The zero-order chi connectivity index (χ0) is 13.7. The fourth-order valence-electron chi connectivity index (χ4n) is 3.61. The van der Waals surface area contributed by atoms with E-state index in [1.54, 1.807) is 0 Å². The molecule has 0 unspecified atom stereocenters. The molecule has 1 amide bonds. The Morgan fingerprint density at radius 2 is 2.15 bits per heavy atom. The monoisotopic (exact) mass is 269 g/mol. The summed E-state index contributed by atoms with van der Waals surface area (Å²) in [5.74, 6) is 0.0411. The third-order valence-electron chi connectivity index (χ3n) is 4.73. The van der Waals surface area contributed by atoms with E-state index in [0.29, 0.717) is 18.1 Å². The van der Waals surface area contributed by atoms with Gasteiger partial charge in [0.1, 0.15) is 0 Å². The van der Waals surface area contributed by atoms with Gasteiger partial charge in [0.15, 0.2) is 0 Å². The molecule has 0 saturated carbocycles. The summed E-state index contributed by atoms with van der Waals surface area (Å²) in [5.41, 5.74) is 3.01. The Balaban J connectivity index is 1.56. The summed E-state index contributed by atoms with van der Waals surface area (Å²) in [6.07, 6.45) is 5.44. The van der Waals surface area contributed by atoms with Gasteiger partial charge in [0.05, 0.1) is 5.56 Å². The van der Waals surface area contributed by atoms with Crippen LogP contribution in [0.1, 0.15) is 35.3 Å². The van der Waals surface area contributed by atoms with E-state index in [-0.39, 0.29) is 5.91 Å². The lowest BCUT2D eigenvalue weighted by Crippen LogP contribution is -2.42. The van der Waals surface area contributed by atoms with Crippen molar-refractivity contribution in [2.24, 2.45) is 0 Å². The molecule has 2 aromatic rings. The van der Waals surface area contributed by atoms with Crippen molar-refractivity contribution in [3.63, 3.8) is 0 Å². The summed E-state index contributed by atoms with van der Waals surface area (Å²) >= 11 is 0. The van der Waals surface area contributed by atoms with Gasteiger partial charge in [0.25, 0.3) is 5.91 Å². The molecule has 2 saturated heterocycles. The van der Waals surface area contributed by atoms with Gasteiger partial charge in [-0.25, -0.2) is 0 Å². The van der Waals surface area contributed by atoms with Crippen LogP contribution in [0.4, 0.5) is 0 Å². The van der Waals surface area contributed by atoms with Crippen LogP contribution < -0.4 is 10.6 Å². The van der Waals surface area contributed by atoms with Gasteiger partial charge < -0.3 is 15.0 Å². The maximum Gasteiger partial charge on any atom is 0.253 e. The van der Waals surface area contributed by atoms with E-state index in [2.05, 4.69) is 34.1 Å². The molecule has 2 fully saturated rings. The zero-order valence-corrected chi connectivity index (χ0v) is 11.6. The lowest BCUT2D eigenvalue weighted by Gasteiger charge is -2.21. The van der Waals surface area contributed by atoms with Crippen LogP contribution in [-0.2, 0) is 0 Å². The number of nitrogens with one attached hydrogen (secondary N) is 2. The van der Waals surface area contributed by atoms with Crippen molar-refractivity contribution in [3.05, 3.63) is 41.7 Å². The lowest BCUT2D eigenvalue weighted by atomic mass is 9.95. The van der Waals surface area contributed by atoms with Crippen LogP contribution in [0.2, 0.25) is 0 Å². The predicted octanol–water partition coefficient (Wildman–Crippen LogP) is 1.87. The third-order valence-corrected chi connectivity index (χ3v) is 4.73. The van der Waals surface area contributed by atoms with Gasteiger partial charge in [-0.2, -0.15) is 0 Å². The molecule has 20 heavy (non-hydrogen) atoms. The molecule has 4 heteroatoms. The highest BCUT2D eigenvalue weighted by molar-refractivity contribution is 5.94. The minimum Gasteiger partial charge on any atom is -0.348 e. The molecule has 2 aliphatic heterocycles. The van der Waals surface area contributed by atoms with Crippen molar-refractivity contribution < 1.29 is 4.79 Å². The molecule has 0 radical (unpaired) electrons. The van der Waals surface area contributed by atoms with E-state index in [1.165, 1.54) is 12.8 Å². The average molecular weight is 269 g/mol. The predicted molar refractivity (Wildman–Crippen MR) is 78.0 cm³/mol. The number of nitrogens with zero attached hydrogens (tertiary/aromatic N) is 1. The molecule has 0 aromatic carbocycles. The number of fused-ring (bicyclic) bond motifs is 3. The minimum absolute atomic E-state index is 0.0411. The van der Waals surface area contributed by atoms with Crippen LogP contribution in [0.3, 0.4) is 0 Å². The first kappa shape index (κ1) is 12.0. The van der Waals surface area contributed by atoms with Crippen LogP contribution in [-0.4, -0.2) is 28.4 Å². The number of carbonyl (C=O) groups is 1. The molecule has 2 aromatic heterocycles. The smallest absolute Gasteiger partial charge is 0.253 e. The van der Waals surface area contributed by atoms with Crippen LogP contribution in [0.5, 0.6) is 0 Å². The molecule has 2 bridgehead atoms. The highest BCUT2D eigenvalue weighted by atomic mass is 16.1. The first-order valence-corrected chi connectivity index (χ1v) is 7.35. The van der Waals surface area contributed by atoms with Gasteiger partial charge in [-0.1, -0.05) is 0 Å². The Morgan fingerprint density at radius 3 is 2.90 bits per heavy atom. The SMILES string of the molecule is Cc1ccc2ccc(C(=O)N[C@@H]3C[C@H]4CC[C@@H]3N4)cn12. The topological polar surface area (TPSA) is 45.5 Å². The normalized spacial score (nSPS) is 28.1. The van der Waals surface area contributed by atoms with Gasteiger partial charge in [-0.05, 0) is 50.5 Å². The second-order valence-corrected chi connectivity index (χ2v) is 6.05. The van der Waals surface area contributed by atoms with Crippen molar-refractivity contribution >= 4 is 11.4 Å². The zero-order valence-electron chi connectivity index (χ0n) is 11.6. The Labute approximate surface area is 118 Å². The number of hydrogen-bond acceptors (Lipinski definition) is 2. The van der Waals surface area contributed by atoms with Crippen molar-refractivity contribution in [2.45, 2.75) is 44.3 Å². The molecule has 4 heterocycles. The summed E-state index contributed by atoms with van der Waals surface area (Å²) in [6.45, 7) is 2.05. The third kappa shape index (κ3) is 1.83. The minimum atomic E-state index is 0.0411. The standard InChI is InChI=1S/C16H19N3O/c1-10-2-5-13-6-3-11(9-19(10)13)16(20)18-15-8-12-4-7-14(15)17-12/h2-3,5-6,9,12,14-15,17H,4,7-8H2,1H3,(H,18,20)/t12-,14+,15-/m1/s1. The number of amides is 1. The molecule has 104 valence electrons. The fraction of sp³-hybridized carbons (Fsp3) is 0.438. The quantitative estimate of drug-likeness (QED) is 0.874. The number of carbonyl (C=O) groups excluding carboxylic acids is 1. The van der Waals surface area contributed by atoms with E-state index in [9.17, 15) is 4.79 Å². The van der Waals surface area contributed by atoms with Gasteiger partial charge in [0.2, 0.25) is 0 Å². The molecule has 4 nitrogen and oxygen atoms in total. The maximum absolute atomic E-state index is 12.4. The van der Waals surface area contributed by atoms with E-state index >= 15 is 0 Å². The molecule has 2 N–H and O–H groups in total. The Kier molecular flexibility index (Phi) is 2.60. The van der Waals surface area contributed by atoms with Crippen LogP contribution in [0.25, 0.3) is 5.52 Å². The molecule has 0 spiro atoms. The summed E-state index contributed by atoms with van der Waals surface area (Å²) in [7, 11) is 0. The average Bonchev–Trinajstić information content (AvgIpc) is 3.15. The Bertz CT molecular complexity index is 675. The Morgan fingerprint density at radius 1 is 1.30 bits per heavy atom. The van der Waals surface area contributed by atoms with Gasteiger partial charge in [-0.3, -0.25) is 4.79 Å². The number of pyridine rings is 1. The number of aromatic nitrogens is 1. The number of aryl methyl sites for hydroxylation is 1. The molecule has 4 rings (SSSR count). The summed E-state index contributed by atoms with van der Waals surface area (Å²) in [5, 5.41) is 6.74. The van der Waals surface area contributed by atoms with E-state index < -0.39 is 0 Å². The van der Waals surface area contributed by atoms with Crippen LogP contribution in [0, 0.1) is 6.92 Å². The highest BCUT2D eigenvalue weighted by Crippen LogP contribution is 2.28.